The Labute approximate surface area is 150 Å². The van der Waals surface area contributed by atoms with E-state index in [9.17, 15) is 9.59 Å². The Morgan fingerprint density at radius 2 is 1.96 bits per heavy atom. The summed E-state index contributed by atoms with van der Waals surface area (Å²) in [7, 11) is 0. The molecule has 1 N–H and O–H groups in total. The maximum absolute atomic E-state index is 12.3. The third-order valence-electron chi connectivity index (χ3n) is 3.37. The minimum absolute atomic E-state index is 0.0122. The number of anilines is 1. The summed E-state index contributed by atoms with van der Waals surface area (Å²) in [5.41, 5.74) is 1.34. The van der Waals surface area contributed by atoms with Gasteiger partial charge in [0.2, 0.25) is 0 Å². The highest BCUT2D eigenvalue weighted by Gasteiger charge is 2.25. The number of urea groups is 1. The lowest BCUT2D eigenvalue weighted by Crippen LogP contribution is -2.38. The van der Waals surface area contributed by atoms with Crippen LogP contribution in [-0.4, -0.2) is 28.1 Å². The second-order valence-corrected chi connectivity index (χ2v) is 6.49. The fraction of sp³-hybridized carbons (Fsp3) is 0.250. The summed E-state index contributed by atoms with van der Waals surface area (Å²) < 4.78 is 0. The normalized spacial score (nSPS) is 20.3. The van der Waals surface area contributed by atoms with Crippen LogP contribution < -0.4 is 5.32 Å². The Bertz CT molecular complexity index is 661. The molecule has 2 unspecified atom stereocenters. The molecule has 0 saturated heterocycles. The molecule has 122 valence electrons. The number of nitrogens with one attached hydrogen (secondary N) is 1. The summed E-state index contributed by atoms with van der Waals surface area (Å²) in [4.78, 5) is 25.0. The Morgan fingerprint density at radius 1 is 1.30 bits per heavy atom. The maximum atomic E-state index is 12.3. The molecule has 1 aromatic carbocycles. The van der Waals surface area contributed by atoms with Gasteiger partial charge in [0, 0.05) is 10.7 Å². The van der Waals surface area contributed by atoms with Crippen molar-refractivity contribution in [3.05, 3.63) is 53.1 Å². The number of carbonyl (C=O) groups is 2. The highest BCUT2D eigenvalue weighted by atomic mass is 35.5. The number of para-hydroxylation sites is 1. The number of alkyl halides is 1. The number of thiol groups is 1. The second kappa shape index (κ2) is 7.90. The highest BCUT2D eigenvalue weighted by molar-refractivity contribution is 7.96. The number of halogens is 2. The molecule has 1 aliphatic rings. The van der Waals surface area contributed by atoms with Gasteiger partial charge in [0.15, 0.2) is 0 Å². The van der Waals surface area contributed by atoms with Gasteiger partial charge in [0.1, 0.15) is 0 Å². The van der Waals surface area contributed by atoms with Crippen molar-refractivity contribution in [2.24, 2.45) is 5.92 Å². The van der Waals surface area contributed by atoms with Crippen LogP contribution in [0.15, 0.2) is 53.1 Å². The van der Waals surface area contributed by atoms with Crippen molar-refractivity contribution < 1.29 is 9.59 Å². The van der Waals surface area contributed by atoms with Gasteiger partial charge >= 0.3 is 6.03 Å². The topological polar surface area (TPSA) is 49.4 Å². The van der Waals surface area contributed by atoms with Crippen LogP contribution in [-0.2, 0) is 0 Å². The fourth-order valence-corrected chi connectivity index (χ4v) is 2.83. The van der Waals surface area contributed by atoms with E-state index < -0.39 is 11.3 Å². The van der Waals surface area contributed by atoms with E-state index >= 15 is 0 Å². The van der Waals surface area contributed by atoms with Crippen LogP contribution in [0.5, 0.6) is 0 Å². The molecule has 0 aliphatic heterocycles. The largest absolute Gasteiger partial charge is 0.329 e. The van der Waals surface area contributed by atoms with Gasteiger partial charge in [-0.25, -0.2) is 4.79 Å². The van der Waals surface area contributed by atoms with Crippen LogP contribution in [0.4, 0.5) is 15.3 Å². The maximum Gasteiger partial charge on any atom is 0.329 e. The van der Waals surface area contributed by atoms with Crippen LogP contribution >= 0.6 is 35.8 Å². The summed E-state index contributed by atoms with van der Waals surface area (Å²) in [5.74, 6) is 0.0122. The molecule has 2 rings (SSSR count). The average Bonchev–Trinajstić information content (AvgIpc) is 2.50. The van der Waals surface area contributed by atoms with E-state index in [1.165, 1.54) is 0 Å². The van der Waals surface area contributed by atoms with Crippen LogP contribution in [0.1, 0.15) is 6.92 Å². The SMILES string of the molecule is CC1C=C(CN(C(=O)S)C(=O)Nc2ccccc2)C=C(Cl)C1Cl. The third-order valence-corrected chi connectivity index (χ3v) is 4.70. The lowest BCUT2D eigenvalue weighted by Gasteiger charge is -2.24. The Hall–Kier alpha value is -1.43. The van der Waals surface area contributed by atoms with Crippen LogP contribution in [0.2, 0.25) is 0 Å². The van der Waals surface area contributed by atoms with Gasteiger partial charge in [-0.2, -0.15) is 0 Å². The Morgan fingerprint density at radius 3 is 2.52 bits per heavy atom. The number of hydrogen-bond donors (Lipinski definition) is 2. The van der Waals surface area contributed by atoms with Gasteiger partial charge in [0.05, 0.1) is 11.9 Å². The van der Waals surface area contributed by atoms with Gasteiger partial charge in [-0.3, -0.25) is 9.69 Å². The van der Waals surface area contributed by atoms with E-state index in [2.05, 4.69) is 17.9 Å². The van der Waals surface area contributed by atoms with Gasteiger partial charge in [0.25, 0.3) is 5.24 Å². The molecule has 0 radical (unpaired) electrons. The minimum atomic E-state index is -0.649. The Kier molecular flexibility index (Phi) is 6.16. The predicted molar refractivity (Wildman–Crippen MR) is 97.4 cm³/mol. The molecule has 0 fully saturated rings. The molecule has 1 aromatic rings. The van der Waals surface area contributed by atoms with E-state index in [1.807, 2.05) is 19.1 Å². The molecule has 1 aliphatic carbocycles. The first-order valence-corrected chi connectivity index (χ1v) is 8.23. The first-order valence-electron chi connectivity index (χ1n) is 6.97. The molecule has 0 bridgehead atoms. The standard InChI is InChI=1S/C16H16Cl2N2O2S/c1-10-7-11(8-13(17)14(10)18)9-20(16(22)23)15(21)19-12-5-3-2-4-6-12/h2-8,10,14H,9H2,1H3,(H,19,21)(H,22,23). The molecular formula is C16H16Cl2N2O2S. The van der Waals surface area contributed by atoms with E-state index in [1.54, 1.807) is 30.3 Å². The number of imide groups is 1. The monoisotopic (exact) mass is 370 g/mol. The number of amides is 3. The molecule has 7 heteroatoms. The van der Waals surface area contributed by atoms with E-state index in [0.717, 1.165) is 10.5 Å². The molecule has 23 heavy (non-hydrogen) atoms. The zero-order valence-corrected chi connectivity index (χ0v) is 14.8. The van der Waals surface area contributed by atoms with Crippen molar-refractivity contribution in [1.29, 1.82) is 0 Å². The summed E-state index contributed by atoms with van der Waals surface area (Å²) in [6, 6.07) is 8.32. The van der Waals surface area contributed by atoms with Crippen molar-refractivity contribution in [1.82, 2.24) is 4.90 Å². The summed E-state index contributed by atoms with van der Waals surface area (Å²) in [5, 5.41) is 2.21. The van der Waals surface area contributed by atoms with Crippen molar-refractivity contribution in [2.45, 2.75) is 12.3 Å². The number of nitrogens with zero attached hydrogens (tertiary/aromatic N) is 1. The highest BCUT2D eigenvalue weighted by Crippen LogP contribution is 2.30. The number of allylic oxidation sites excluding steroid dienone is 2. The Balaban J connectivity index is 2.12. The van der Waals surface area contributed by atoms with Gasteiger partial charge in [-0.05, 0) is 29.7 Å². The molecule has 0 spiro atoms. The average molecular weight is 371 g/mol. The lowest BCUT2D eigenvalue weighted by molar-refractivity contribution is 0.212. The summed E-state index contributed by atoms with van der Waals surface area (Å²) in [6.07, 6.45) is 3.57. The first kappa shape index (κ1) is 17.9. The minimum Gasteiger partial charge on any atom is -0.307 e. The van der Waals surface area contributed by atoms with Crippen LogP contribution in [0, 0.1) is 5.92 Å². The third kappa shape index (κ3) is 4.77. The van der Waals surface area contributed by atoms with Gasteiger partial charge in [-0.1, -0.05) is 55.4 Å². The number of rotatable bonds is 3. The van der Waals surface area contributed by atoms with E-state index in [4.69, 9.17) is 23.2 Å². The van der Waals surface area contributed by atoms with Gasteiger partial charge in [-0.15, -0.1) is 11.6 Å². The van der Waals surface area contributed by atoms with E-state index in [-0.39, 0.29) is 17.8 Å². The molecule has 3 amide bonds. The van der Waals surface area contributed by atoms with Gasteiger partial charge < -0.3 is 5.32 Å². The first-order chi connectivity index (χ1) is 10.9. The smallest absolute Gasteiger partial charge is 0.307 e. The van der Waals surface area contributed by atoms with Crippen LogP contribution in [0.25, 0.3) is 0 Å². The molecule has 2 atom stereocenters. The molecule has 4 nitrogen and oxygen atoms in total. The number of carbonyl (C=O) groups excluding carboxylic acids is 2. The zero-order valence-electron chi connectivity index (χ0n) is 12.4. The summed E-state index contributed by atoms with van der Waals surface area (Å²) >= 11 is 16.0. The molecule has 0 aromatic heterocycles. The quantitative estimate of drug-likeness (QED) is 0.588. The predicted octanol–water partition coefficient (Wildman–Crippen LogP) is 4.88. The summed E-state index contributed by atoms with van der Waals surface area (Å²) in [6.45, 7) is 2.00. The number of benzene rings is 1. The molecule has 0 saturated carbocycles. The van der Waals surface area contributed by atoms with Crippen molar-refractivity contribution in [3.63, 3.8) is 0 Å². The van der Waals surface area contributed by atoms with Crippen molar-refractivity contribution in [2.75, 3.05) is 11.9 Å². The van der Waals surface area contributed by atoms with Crippen molar-refractivity contribution in [3.8, 4) is 0 Å². The molecule has 0 heterocycles. The molecular weight excluding hydrogens is 355 g/mol. The van der Waals surface area contributed by atoms with Crippen molar-refractivity contribution >= 4 is 52.8 Å². The second-order valence-electron chi connectivity index (χ2n) is 5.20. The zero-order chi connectivity index (χ0) is 17.0. The number of hydrogen-bond acceptors (Lipinski definition) is 2. The van der Waals surface area contributed by atoms with E-state index in [0.29, 0.717) is 10.7 Å². The lowest BCUT2D eigenvalue weighted by atomic mass is 9.97. The fourth-order valence-electron chi connectivity index (χ4n) is 2.20. The van der Waals surface area contributed by atoms with Crippen LogP contribution in [0.3, 0.4) is 0 Å².